The SMILES string of the molecule is c1ccc(NOCC2(CC3CO3)OC2CC2CO2)cc1. The zero-order valence-corrected chi connectivity index (χ0v) is 11.3. The molecule has 0 aromatic heterocycles. The van der Waals surface area contributed by atoms with Gasteiger partial charge in [0.05, 0.1) is 37.2 Å². The van der Waals surface area contributed by atoms with Gasteiger partial charge in [-0.2, -0.15) is 0 Å². The van der Waals surface area contributed by atoms with Gasteiger partial charge in [0, 0.05) is 12.8 Å². The Morgan fingerprint density at radius 3 is 2.60 bits per heavy atom. The van der Waals surface area contributed by atoms with Gasteiger partial charge in [0.15, 0.2) is 0 Å². The van der Waals surface area contributed by atoms with E-state index in [4.69, 9.17) is 19.0 Å². The van der Waals surface area contributed by atoms with Crippen molar-refractivity contribution in [1.29, 1.82) is 0 Å². The van der Waals surface area contributed by atoms with Crippen LogP contribution in [0.5, 0.6) is 0 Å². The van der Waals surface area contributed by atoms with Gasteiger partial charge in [0.25, 0.3) is 0 Å². The Hall–Kier alpha value is -1.14. The van der Waals surface area contributed by atoms with Crippen LogP contribution in [0, 0.1) is 0 Å². The fraction of sp³-hybridized carbons (Fsp3) is 0.600. The number of benzene rings is 1. The van der Waals surface area contributed by atoms with Crippen molar-refractivity contribution in [2.24, 2.45) is 0 Å². The van der Waals surface area contributed by atoms with Gasteiger partial charge < -0.3 is 14.2 Å². The number of para-hydroxylation sites is 1. The smallest absolute Gasteiger partial charge is 0.123 e. The third-order valence-corrected chi connectivity index (χ3v) is 4.04. The lowest BCUT2D eigenvalue weighted by Crippen LogP contribution is -2.27. The lowest BCUT2D eigenvalue weighted by Gasteiger charge is -2.13. The van der Waals surface area contributed by atoms with E-state index in [2.05, 4.69) is 5.48 Å². The summed E-state index contributed by atoms with van der Waals surface area (Å²) >= 11 is 0. The summed E-state index contributed by atoms with van der Waals surface area (Å²) in [5.74, 6) is 0. The molecule has 1 aromatic rings. The first kappa shape index (κ1) is 12.6. The molecular weight excluding hydrogens is 258 g/mol. The third kappa shape index (κ3) is 2.96. The van der Waals surface area contributed by atoms with Crippen LogP contribution in [0.1, 0.15) is 12.8 Å². The van der Waals surface area contributed by atoms with Gasteiger partial charge in [-0.25, -0.2) is 0 Å². The molecule has 4 unspecified atom stereocenters. The highest BCUT2D eigenvalue weighted by atomic mass is 16.7. The minimum Gasteiger partial charge on any atom is -0.373 e. The monoisotopic (exact) mass is 277 g/mol. The summed E-state index contributed by atoms with van der Waals surface area (Å²) in [5.41, 5.74) is 3.74. The van der Waals surface area contributed by atoms with E-state index in [1.54, 1.807) is 0 Å². The number of hydrogen-bond donors (Lipinski definition) is 1. The van der Waals surface area contributed by atoms with E-state index >= 15 is 0 Å². The van der Waals surface area contributed by atoms with Crippen LogP contribution in [-0.4, -0.2) is 43.7 Å². The first-order valence-electron chi connectivity index (χ1n) is 7.18. The number of hydrogen-bond acceptors (Lipinski definition) is 5. The lowest BCUT2D eigenvalue weighted by atomic mass is 9.97. The molecule has 3 fully saturated rings. The molecule has 0 radical (unpaired) electrons. The summed E-state index contributed by atoms with van der Waals surface area (Å²) in [4.78, 5) is 5.64. The molecule has 5 heteroatoms. The molecule has 3 heterocycles. The van der Waals surface area contributed by atoms with Crippen LogP contribution >= 0.6 is 0 Å². The van der Waals surface area contributed by atoms with Gasteiger partial charge in [0.1, 0.15) is 12.2 Å². The van der Waals surface area contributed by atoms with Crippen LogP contribution in [0.15, 0.2) is 30.3 Å². The molecule has 108 valence electrons. The molecule has 1 aromatic carbocycles. The summed E-state index contributed by atoms with van der Waals surface area (Å²) in [6.07, 6.45) is 2.88. The van der Waals surface area contributed by atoms with Crippen molar-refractivity contribution >= 4 is 5.69 Å². The molecule has 4 rings (SSSR count). The second-order valence-electron chi connectivity index (χ2n) is 5.78. The van der Waals surface area contributed by atoms with Crippen LogP contribution in [0.4, 0.5) is 5.69 Å². The predicted molar refractivity (Wildman–Crippen MR) is 72.3 cm³/mol. The molecule has 0 spiro atoms. The Kier molecular flexibility index (Phi) is 3.15. The number of ether oxygens (including phenoxy) is 3. The van der Waals surface area contributed by atoms with Crippen molar-refractivity contribution in [3.05, 3.63) is 30.3 Å². The zero-order valence-electron chi connectivity index (χ0n) is 11.3. The minimum atomic E-state index is -0.186. The number of anilines is 1. The fourth-order valence-corrected chi connectivity index (χ4v) is 2.64. The third-order valence-electron chi connectivity index (χ3n) is 4.04. The molecule has 0 amide bonds. The summed E-state index contributed by atoms with van der Waals surface area (Å²) in [5, 5.41) is 0. The molecular formula is C15H19NO4. The normalized spacial score (nSPS) is 37.5. The van der Waals surface area contributed by atoms with Gasteiger partial charge in [-0.15, -0.1) is 0 Å². The highest BCUT2D eigenvalue weighted by Gasteiger charge is 2.60. The van der Waals surface area contributed by atoms with Crippen LogP contribution in [0.2, 0.25) is 0 Å². The lowest BCUT2D eigenvalue weighted by molar-refractivity contribution is 0.108. The number of nitrogens with one attached hydrogen (secondary N) is 1. The van der Waals surface area contributed by atoms with Crippen LogP contribution < -0.4 is 5.48 Å². The van der Waals surface area contributed by atoms with Gasteiger partial charge in [-0.05, 0) is 12.1 Å². The average molecular weight is 277 g/mol. The van der Waals surface area contributed by atoms with E-state index in [-0.39, 0.29) is 11.7 Å². The number of epoxide rings is 3. The Morgan fingerprint density at radius 2 is 1.90 bits per heavy atom. The Balaban J connectivity index is 1.29. The largest absolute Gasteiger partial charge is 0.373 e. The molecule has 5 nitrogen and oxygen atoms in total. The van der Waals surface area contributed by atoms with E-state index in [1.165, 1.54) is 0 Å². The maximum absolute atomic E-state index is 5.92. The van der Waals surface area contributed by atoms with E-state index in [0.29, 0.717) is 18.8 Å². The molecule has 0 bridgehead atoms. The minimum absolute atomic E-state index is 0.186. The maximum Gasteiger partial charge on any atom is 0.123 e. The van der Waals surface area contributed by atoms with Crippen molar-refractivity contribution < 1.29 is 19.0 Å². The maximum atomic E-state index is 5.92. The van der Waals surface area contributed by atoms with Crippen LogP contribution in [0.25, 0.3) is 0 Å². The van der Waals surface area contributed by atoms with Crippen molar-refractivity contribution in [2.75, 3.05) is 25.3 Å². The molecule has 0 aliphatic carbocycles. The zero-order chi connectivity index (χ0) is 13.4. The molecule has 3 aliphatic rings. The van der Waals surface area contributed by atoms with Crippen molar-refractivity contribution in [3.8, 4) is 0 Å². The molecule has 1 N–H and O–H groups in total. The van der Waals surface area contributed by atoms with Crippen LogP contribution in [0.3, 0.4) is 0 Å². The average Bonchev–Trinajstić information content (AvgIpc) is 3.29. The Labute approximate surface area is 118 Å². The van der Waals surface area contributed by atoms with E-state index < -0.39 is 0 Å². The van der Waals surface area contributed by atoms with Gasteiger partial charge in [0.2, 0.25) is 0 Å². The van der Waals surface area contributed by atoms with Gasteiger partial charge >= 0.3 is 0 Å². The van der Waals surface area contributed by atoms with Gasteiger partial charge in [-0.1, -0.05) is 18.2 Å². The number of rotatable bonds is 8. The van der Waals surface area contributed by atoms with Gasteiger partial charge in [-0.3, -0.25) is 10.3 Å². The standard InChI is InChI=1S/C15H19NO4/c1-2-4-11(5-3-1)16-19-10-15(7-13-9-18-13)14(20-15)6-12-8-17-12/h1-5,12-14,16H,6-10H2. The molecule has 3 aliphatic heterocycles. The second-order valence-corrected chi connectivity index (χ2v) is 5.78. The Morgan fingerprint density at radius 1 is 1.15 bits per heavy atom. The summed E-state index contributed by atoms with van der Waals surface area (Å²) in [7, 11) is 0. The quantitative estimate of drug-likeness (QED) is 0.579. The van der Waals surface area contributed by atoms with E-state index in [1.807, 2.05) is 30.3 Å². The predicted octanol–water partition coefficient (Wildman–Crippen LogP) is 1.75. The summed E-state index contributed by atoms with van der Waals surface area (Å²) < 4.78 is 16.5. The van der Waals surface area contributed by atoms with Crippen molar-refractivity contribution in [3.63, 3.8) is 0 Å². The van der Waals surface area contributed by atoms with Crippen LogP contribution in [-0.2, 0) is 19.0 Å². The Bertz CT molecular complexity index is 460. The summed E-state index contributed by atoms with van der Waals surface area (Å²) in [6, 6.07) is 9.87. The molecule has 3 saturated heterocycles. The van der Waals surface area contributed by atoms with Crippen molar-refractivity contribution in [2.45, 2.75) is 36.8 Å². The van der Waals surface area contributed by atoms with Crippen molar-refractivity contribution in [1.82, 2.24) is 0 Å². The van der Waals surface area contributed by atoms with E-state index in [9.17, 15) is 0 Å². The van der Waals surface area contributed by atoms with E-state index in [0.717, 1.165) is 31.7 Å². The topological polar surface area (TPSA) is 58.9 Å². The molecule has 0 saturated carbocycles. The first-order chi connectivity index (χ1) is 9.84. The summed E-state index contributed by atoms with van der Waals surface area (Å²) in [6.45, 7) is 2.27. The molecule has 4 atom stereocenters. The second kappa shape index (κ2) is 5.00. The highest BCUT2D eigenvalue weighted by Crippen LogP contribution is 2.47. The fourth-order valence-electron chi connectivity index (χ4n) is 2.64. The first-order valence-corrected chi connectivity index (χ1v) is 7.18. The molecule has 20 heavy (non-hydrogen) atoms. The highest BCUT2D eigenvalue weighted by molar-refractivity contribution is 5.40.